The highest BCUT2D eigenvalue weighted by Gasteiger charge is 2.27. The van der Waals surface area contributed by atoms with E-state index < -0.39 is 12.0 Å². The molecule has 0 bridgehead atoms. The molecule has 19 heavy (non-hydrogen) atoms. The Labute approximate surface area is 112 Å². The molecule has 0 aliphatic rings. The minimum Gasteiger partial charge on any atom is -0.497 e. The zero-order valence-electron chi connectivity index (χ0n) is 11.6. The lowest BCUT2D eigenvalue weighted by atomic mass is 9.93. The van der Waals surface area contributed by atoms with Crippen LogP contribution < -0.4 is 10.1 Å². The topological polar surface area (TPSA) is 64.6 Å². The Hall–Kier alpha value is -2.04. The van der Waals surface area contributed by atoms with Crippen molar-refractivity contribution in [3.05, 3.63) is 29.8 Å². The highest BCUT2D eigenvalue weighted by Crippen LogP contribution is 2.22. The second-order valence-corrected chi connectivity index (χ2v) is 4.26. The van der Waals surface area contributed by atoms with Crippen molar-refractivity contribution in [2.45, 2.75) is 25.8 Å². The predicted octanol–water partition coefficient (Wildman–Crippen LogP) is 1.48. The molecule has 0 radical (unpaired) electrons. The molecule has 1 N–H and O–H groups in total. The van der Waals surface area contributed by atoms with E-state index in [4.69, 9.17) is 9.47 Å². The van der Waals surface area contributed by atoms with Crippen LogP contribution in [0.15, 0.2) is 24.3 Å². The van der Waals surface area contributed by atoms with E-state index in [1.54, 1.807) is 7.11 Å². The first-order valence-electron chi connectivity index (χ1n) is 5.98. The molecule has 2 atom stereocenters. The second-order valence-electron chi connectivity index (χ2n) is 4.26. The maximum Gasteiger partial charge on any atom is 0.328 e. The molecule has 0 spiro atoms. The van der Waals surface area contributed by atoms with Gasteiger partial charge in [0, 0.05) is 12.8 Å². The zero-order chi connectivity index (χ0) is 14.4. The smallest absolute Gasteiger partial charge is 0.328 e. The van der Waals surface area contributed by atoms with Crippen molar-refractivity contribution in [1.82, 2.24) is 5.32 Å². The number of hydrogen-bond donors (Lipinski definition) is 1. The van der Waals surface area contributed by atoms with Crippen molar-refractivity contribution in [1.29, 1.82) is 0 Å². The number of hydrogen-bond acceptors (Lipinski definition) is 4. The van der Waals surface area contributed by atoms with Gasteiger partial charge in [0.2, 0.25) is 5.91 Å². The van der Waals surface area contributed by atoms with Crippen LogP contribution in [0.25, 0.3) is 0 Å². The summed E-state index contributed by atoms with van der Waals surface area (Å²) in [6, 6.07) is 6.65. The molecular formula is C14H19NO4. The van der Waals surface area contributed by atoms with Crippen LogP contribution in [0.5, 0.6) is 5.75 Å². The summed E-state index contributed by atoms with van der Waals surface area (Å²) in [5.41, 5.74) is 0.921. The summed E-state index contributed by atoms with van der Waals surface area (Å²) in [7, 11) is 2.89. The largest absolute Gasteiger partial charge is 0.497 e. The summed E-state index contributed by atoms with van der Waals surface area (Å²) in [5.74, 6) is -0.179. The van der Waals surface area contributed by atoms with E-state index in [-0.39, 0.29) is 11.8 Å². The molecule has 0 aliphatic heterocycles. The van der Waals surface area contributed by atoms with Crippen LogP contribution in [-0.2, 0) is 14.3 Å². The van der Waals surface area contributed by atoms with Crippen molar-refractivity contribution >= 4 is 11.9 Å². The van der Waals surface area contributed by atoms with Gasteiger partial charge in [0.25, 0.3) is 0 Å². The molecule has 0 fully saturated rings. The van der Waals surface area contributed by atoms with Crippen LogP contribution in [0.2, 0.25) is 0 Å². The minimum atomic E-state index is -0.698. The minimum absolute atomic E-state index is 0.192. The van der Waals surface area contributed by atoms with E-state index in [0.29, 0.717) is 0 Å². The first kappa shape index (κ1) is 15.0. The molecule has 1 amide bonds. The van der Waals surface area contributed by atoms with Crippen LogP contribution in [0, 0.1) is 0 Å². The molecule has 0 heterocycles. The summed E-state index contributed by atoms with van der Waals surface area (Å²) in [6.07, 6.45) is 0. The van der Waals surface area contributed by atoms with E-state index in [0.717, 1.165) is 11.3 Å². The maximum atomic E-state index is 11.7. The summed E-state index contributed by atoms with van der Waals surface area (Å²) in [4.78, 5) is 22.9. The predicted molar refractivity (Wildman–Crippen MR) is 71.0 cm³/mol. The average molecular weight is 265 g/mol. The van der Waals surface area contributed by atoms with Gasteiger partial charge < -0.3 is 14.8 Å². The average Bonchev–Trinajstić information content (AvgIpc) is 2.43. The van der Waals surface area contributed by atoms with Gasteiger partial charge >= 0.3 is 5.97 Å². The van der Waals surface area contributed by atoms with Gasteiger partial charge in [0.1, 0.15) is 11.8 Å². The molecule has 0 unspecified atom stereocenters. The lowest BCUT2D eigenvalue weighted by molar-refractivity contribution is -0.145. The number of carbonyl (C=O) groups is 2. The van der Waals surface area contributed by atoms with Gasteiger partial charge in [-0.3, -0.25) is 4.79 Å². The Balaban J connectivity index is 2.93. The lowest BCUT2D eigenvalue weighted by Crippen LogP contribution is -2.43. The van der Waals surface area contributed by atoms with Crippen molar-refractivity contribution < 1.29 is 19.1 Å². The number of rotatable bonds is 5. The fourth-order valence-corrected chi connectivity index (χ4v) is 1.83. The van der Waals surface area contributed by atoms with E-state index in [9.17, 15) is 9.59 Å². The SMILES string of the molecule is COC(=O)[C@@H](NC(C)=O)[C@@H](C)c1ccc(OC)cc1. The molecule has 0 aromatic heterocycles. The van der Waals surface area contributed by atoms with Crippen LogP contribution in [0.1, 0.15) is 25.3 Å². The number of ether oxygens (including phenoxy) is 2. The van der Waals surface area contributed by atoms with Gasteiger partial charge in [-0.05, 0) is 17.7 Å². The second kappa shape index (κ2) is 6.78. The van der Waals surface area contributed by atoms with Crippen LogP contribution in [0.3, 0.4) is 0 Å². The van der Waals surface area contributed by atoms with Crippen LogP contribution in [-0.4, -0.2) is 32.1 Å². The van der Waals surface area contributed by atoms with Gasteiger partial charge in [-0.2, -0.15) is 0 Å². The standard InChI is InChI=1S/C14H19NO4/c1-9(11-5-7-12(18-3)8-6-11)13(14(17)19-4)15-10(2)16/h5-9,13H,1-4H3,(H,15,16)/t9-,13-/m0/s1. The first-order valence-corrected chi connectivity index (χ1v) is 5.98. The Morgan fingerprint density at radius 2 is 1.74 bits per heavy atom. The Morgan fingerprint density at radius 1 is 1.16 bits per heavy atom. The third kappa shape index (κ3) is 3.98. The molecular weight excluding hydrogens is 246 g/mol. The number of carbonyl (C=O) groups excluding carboxylic acids is 2. The van der Waals surface area contributed by atoms with Gasteiger partial charge in [-0.1, -0.05) is 19.1 Å². The molecule has 5 nitrogen and oxygen atoms in total. The first-order chi connectivity index (χ1) is 8.99. The maximum absolute atomic E-state index is 11.7. The van der Waals surface area contributed by atoms with Crippen molar-refractivity contribution in [3.8, 4) is 5.75 Å². The number of benzene rings is 1. The molecule has 0 saturated carbocycles. The molecule has 104 valence electrons. The highest BCUT2D eigenvalue weighted by molar-refractivity contribution is 5.84. The van der Waals surface area contributed by atoms with Crippen molar-refractivity contribution in [2.75, 3.05) is 14.2 Å². The number of nitrogens with one attached hydrogen (secondary N) is 1. The van der Waals surface area contributed by atoms with E-state index in [1.165, 1.54) is 14.0 Å². The van der Waals surface area contributed by atoms with E-state index in [2.05, 4.69) is 5.32 Å². The molecule has 1 aromatic rings. The lowest BCUT2D eigenvalue weighted by Gasteiger charge is -2.22. The summed E-state index contributed by atoms with van der Waals surface area (Å²) in [6.45, 7) is 3.23. The third-order valence-electron chi connectivity index (χ3n) is 2.96. The Kier molecular flexibility index (Phi) is 5.36. The Morgan fingerprint density at radius 3 is 2.16 bits per heavy atom. The van der Waals surface area contributed by atoms with Gasteiger partial charge in [0.05, 0.1) is 14.2 Å². The van der Waals surface area contributed by atoms with Crippen molar-refractivity contribution in [3.63, 3.8) is 0 Å². The summed E-state index contributed by atoms with van der Waals surface area (Å²) in [5, 5.41) is 2.61. The van der Waals surface area contributed by atoms with Gasteiger partial charge in [0.15, 0.2) is 0 Å². The van der Waals surface area contributed by atoms with Crippen LogP contribution in [0.4, 0.5) is 0 Å². The zero-order valence-corrected chi connectivity index (χ0v) is 11.6. The molecule has 1 rings (SSSR count). The van der Waals surface area contributed by atoms with E-state index in [1.807, 2.05) is 31.2 Å². The summed E-state index contributed by atoms with van der Waals surface area (Å²) < 4.78 is 9.80. The fourth-order valence-electron chi connectivity index (χ4n) is 1.83. The monoisotopic (exact) mass is 265 g/mol. The molecule has 1 aromatic carbocycles. The molecule has 5 heteroatoms. The quantitative estimate of drug-likeness (QED) is 0.819. The third-order valence-corrected chi connectivity index (χ3v) is 2.96. The van der Waals surface area contributed by atoms with Gasteiger partial charge in [-0.25, -0.2) is 4.79 Å². The highest BCUT2D eigenvalue weighted by atomic mass is 16.5. The van der Waals surface area contributed by atoms with E-state index >= 15 is 0 Å². The fraction of sp³-hybridized carbons (Fsp3) is 0.429. The van der Waals surface area contributed by atoms with Crippen molar-refractivity contribution in [2.24, 2.45) is 0 Å². The number of methoxy groups -OCH3 is 2. The molecule has 0 aliphatic carbocycles. The normalized spacial score (nSPS) is 13.3. The molecule has 0 saturated heterocycles. The van der Waals surface area contributed by atoms with Crippen LogP contribution >= 0.6 is 0 Å². The van der Waals surface area contributed by atoms with Gasteiger partial charge in [-0.15, -0.1) is 0 Å². The summed E-state index contributed by atoms with van der Waals surface area (Å²) >= 11 is 0. The Bertz CT molecular complexity index is 441. The number of amides is 1. The number of esters is 1.